The van der Waals surface area contributed by atoms with Gasteiger partial charge in [-0.3, -0.25) is 4.79 Å². The second kappa shape index (κ2) is 7.58. The Balaban J connectivity index is 2.32. The Labute approximate surface area is 118 Å². The number of hydrogen-bond acceptors (Lipinski definition) is 5. The van der Waals surface area contributed by atoms with Gasteiger partial charge in [-0.1, -0.05) is 13.0 Å². The third-order valence-electron chi connectivity index (χ3n) is 3.39. The number of carbonyl (C=O) groups is 2. The lowest BCUT2D eigenvalue weighted by Crippen LogP contribution is -2.13. The van der Waals surface area contributed by atoms with Gasteiger partial charge < -0.3 is 9.47 Å². The van der Waals surface area contributed by atoms with Crippen LogP contribution in [-0.4, -0.2) is 37.7 Å². The first kappa shape index (κ1) is 16.1. The Morgan fingerprint density at radius 1 is 1.26 bits per heavy atom. The average molecular weight is 286 g/mol. The van der Waals surface area contributed by atoms with Crippen LogP contribution in [-0.2, 0) is 19.1 Å². The van der Waals surface area contributed by atoms with E-state index >= 15 is 0 Å². The third-order valence-corrected chi connectivity index (χ3v) is 4.61. The molecule has 1 saturated carbocycles. The van der Waals surface area contributed by atoms with E-state index in [2.05, 4.69) is 0 Å². The van der Waals surface area contributed by atoms with E-state index in [1.807, 2.05) is 13.0 Å². The Bertz CT molecular complexity index is 358. The van der Waals surface area contributed by atoms with Gasteiger partial charge in [0.2, 0.25) is 0 Å². The summed E-state index contributed by atoms with van der Waals surface area (Å²) in [6.45, 7) is 1.94. The molecule has 0 spiro atoms. The molecule has 0 amide bonds. The molecule has 0 heterocycles. The fourth-order valence-electron chi connectivity index (χ4n) is 1.87. The van der Waals surface area contributed by atoms with Crippen molar-refractivity contribution in [1.29, 1.82) is 0 Å². The van der Waals surface area contributed by atoms with Crippen molar-refractivity contribution in [3.05, 3.63) is 11.6 Å². The molecule has 0 unspecified atom stereocenters. The van der Waals surface area contributed by atoms with E-state index < -0.39 is 0 Å². The van der Waals surface area contributed by atoms with Gasteiger partial charge in [0.25, 0.3) is 0 Å². The van der Waals surface area contributed by atoms with Gasteiger partial charge >= 0.3 is 11.9 Å². The van der Waals surface area contributed by atoms with Crippen molar-refractivity contribution in [3.8, 4) is 0 Å². The minimum Gasteiger partial charge on any atom is -0.469 e. The van der Waals surface area contributed by atoms with E-state index in [4.69, 9.17) is 9.47 Å². The molecule has 108 valence electrons. The molecule has 0 atom stereocenters. The summed E-state index contributed by atoms with van der Waals surface area (Å²) in [5, 5.41) is 0. The van der Waals surface area contributed by atoms with Crippen molar-refractivity contribution < 1.29 is 19.1 Å². The zero-order valence-electron chi connectivity index (χ0n) is 11.9. The highest BCUT2D eigenvalue weighted by Crippen LogP contribution is 2.51. The molecule has 0 aromatic rings. The Hall–Kier alpha value is -0.970. The van der Waals surface area contributed by atoms with Gasteiger partial charge in [0, 0.05) is 11.3 Å². The van der Waals surface area contributed by atoms with Crippen LogP contribution in [0, 0.1) is 5.41 Å². The molecule has 0 radical (unpaired) electrons. The first-order valence-electron chi connectivity index (χ1n) is 6.49. The first-order valence-corrected chi connectivity index (χ1v) is 7.64. The molecule has 0 aliphatic heterocycles. The molecule has 0 N–H and O–H groups in total. The average Bonchev–Trinajstić information content (AvgIpc) is 3.17. The summed E-state index contributed by atoms with van der Waals surface area (Å²) in [5.74, 6) is 1.34. The van der Waals surface area contributed by atoms with E-state index in [9.17, 15) is 9.59 Å². The number of esters is 2. The predicted molar refractivity (Wildman–Crippen MR) is 76.0 cm³/mol. The maximum atomic E-state index is 11.4. The zero-order chi connectivity index (χ0) is 14.3. The van der Waals surface area contributed by atoms with Crippen LogP contribution in [0.4, 0.5) is 0 Å². The van der Waals surface area contributed by atoms with Gasteiger partial charge in [-0.25, -0.2) is 4.79 Å². The largest absolute Gasteiger partial charge is 0.469 e. The maximum absolute atomic E-state index is 11.4. The van der Waals surface area contributed by atoms with E-state index in [-0.39, 0.29) is 17.4 Å². The van der Waals surface area contributed by atoms with Gasteiger partial charge in [-0.05, 0) is 30.4 Å². The van der Waals surface area contributed by atoms with Crippen LogP contribution in [0.25, 0.3) is 0 Å². The monoisotopic (exact) mass is 286 g/mol. The predicted octanol–water partition coefficient (Wildman–Crippen LogP) is 2.57. The molecule has 1 rings (SSSR count). The van der Waals surface area contributed by atoms with Crippen LogP contribution in [0.2, 0.25) is 0 Å². The standard InChI is InChI=1S/C14H22O4S/c1-4-11(13(16)18-3)5-8-19-10-14(6-7-14)9-12(15)17-2/h5H,4,6-10H2,1-3H3. The van der Waals surface area contributed by atoms with Gasteiger partial charge in [0.05, 0.1) is 20.6 Å². The van der Waals surface area contributed by atoms with Crippen molar-refractivity contribution in [3.63, 3.8) is 0 Å². The van der Waals surface area contributed by atoms with Gasteiger partial charge in [0.1, 0.15) is 0 Å². The molecule has 19 heavy (non-hydrogen) atoms. The lowest BCUT2D eigenvalue weighted by atomic mass is 10.1. The highest BCUT2D eigenvalue weighted by molar-refractivity contribution is 7.99. The van der Waals surface area contributed by atoms with Gasteiger partial charge in [0.15, 0.2) is 0 Å². The van der Waals surface area contributed by atoms with E-state index in [0.717, 1.165) is 24.3 Å². The number of thioether (sulfide) groups is 1. The minimum atomic E-state index is -0.251. The van der Waals surface area contributed by atoms with Crippen molar-refractivity contribution in [2.45, 2.75) is 32.6 Å². The summed E-state index contributed by atoms with van der Waals surface area (Å²) in [6, 6.07) is 0. The van der Waals surface area contributed by atoms with Crippen LogP contribution in [0.1, 0.15) is 32.6 Å². The fraction of sp³-hybridized carbons (Fsp3) is 0.714. The Morgan fingerprint density at radius 3 is 2.42 bits per heavy atom. The summed E-state index contributed by atoms with van der Waals surface area (Å²) in [6.07, 6.45) is 5.30. The highest BCUT2D eigenvalue weighted by Gasteiger charge is 2.44. The lowest BCUT2D eigenvalue weighted by Gasteiger charge is -2.12. The molecule has 0 saturated heterocycles. The van der Waals surface area contributed by atoms with Gasteiger partial charge in [-0.15, -0.1) is 0 Å². The fourth-order valence-corrected chi connectivity index (χ4v) is 3.13. The molecule has 4 nitrogen and oxygen atoms in total. The summed E-state index contributed by atoms with van der Waals surface area (Å²) in [7, 11) is 2.83. The highest BCUT2D eigenvalue weighted by atomic mass is 32.2. The number of ether oxygens (including phenoxy) is 2. The first-order chi connectivity index (χ1) is 9.06. The second-order valence-corrected chi connectivity index (χ2v) is 5.87. The number of methoxy groups -OCH3 is 2. The van der Waals surface area contributed by atoms with Gasteiger partial charge in [-0.2, -0.15) is 11.8 Å². The topological polar surface area (TPSA) is 52.6 Å². The molecule has 0 aromatic carbocycles. The van der Waals surface area contributed by atoms with Crippen LogP contribution in [0.5, 0.6) is 0 Å². The number of hydrogen-bond donors (Lipinski definition) is 0. The lowest BCUT2D eigenvalue weighted by molar-refractivity contribution is -0.141. The number of carbonyl (C=O) groups excluding carboxylic acids is 2. The molecule has 1 aliphatic carbocycles. The second-order valence-electron chi connectivity index (χ2n) is 4.84. The molecular formula is C14H22O4S. The molecular weight excluding hydrogens is 264 g/mol. The molecule has 1 fully saturated rings. The maximum Gasteiger partial charge on any atom is 0.333 e. The van der Waals surface area contributed by atoms with E-state index in [1.54, 1.807) is 11.8 Å². The summed E-state index contributed by atoms with van der Waals surface area (Å²) in [5.41, 5.74) is 0.858. The van der Waals surface area contributed by atoms with Crippen LogP contribution in [0.3, 0.4) is 0 Å². The Kier molecular flexibility index (Phi) is 6.42. The molecule has 5 heteroatoms. The van der Waals surface area contributed by atoms with E-state index in [1.165, 1.54) is 14.2 Å². The minimum absolute atomic E-state index is 0.127. The van der Waals surface area contributed by atoms with E-state index in [0.29, 0.717) is 18.4 Å². The summed E-state index contributed by atoms with van der Waals surface area (Å²) in [4.78, 5) is 22.6. The van der Waals surface area contributed by atoms with Crippen molar-refractivity contribution >= 4 is 23.7 Å². The Morgan fingerprint density at radius 2 is 1.95 bits per heavy atom. The molecule has 1 aliphatic rings. The molecule has 0 bridgehead atoms. The van der Waals surface area contributed by atoms with Crippen molar-refractivity contribution in [2.75, 3.05) is 25.7 Å². The quantitative estimate of drug-likeness (QED) is 0.390. The molecule has 0 aromatic heterocycles. The number of rotatable bonds is 8. The van der Waals surface area contributed by atoms with Crippen LogP contribution in [0.15, 0.2) is 11.6 Å². The third kappa shape index (κ3) is 5.27. The zero-order valence-corrected chi connectivity index (χ0v) is 12.7. The van der Waals surface area contributed by atoms with Crippen molar-refractivity contribution in [1.82, 2.24) is 0 Å². The summed E-state index contributed by atoms with van der Waals surface area (Å²) >= 11 is 1.75. The normalized spacial score (nSPS) is 16.9. The summed E-state index contributed by atoms with van der Waals surface area (Å²) < 4.78 is 9.42. The van der Waals surface area contributed by atoms with Crippen LogP contribution < -0.4 is 0 Å². The van der Waals surface area contributed by atoms with Crippen molar-refractivity contribution in [2.24, 2.45) is 5.41 Å². The SMILES string of the molecule is CCC(=CCSCC1(CC(=O)OC)CC1)C(=O)OC. The van der Waals surface area contributed by atoms with Crippen LogP contribution >= 0.6 is 11.8 Å². The smallest absolute Gasteiger partial charge is 0.333 e.